The first-order chi connectivity index (χ1) is 9.79. The van der Waals surface area contributed by atoms with Gasteiger partial charge in [-0.3, -0.25) is 0 Å². The predicted molar refractivity (Wildman–Crippen MR) is 72.0 cm³/mol. The molecule has 0 spiro atoms. The van der Waals surface area contributed by atoms with E-state index in [1.807, 2.05) is 30.3 Å². The average molecular weight is 284 g/mol. The average Bonchev–Trinajstić information content (AvgIpc) is 2.45. The minimum Gasteiger partial charge on any atom is -0.491 e. The van der Waals surface area contributed by atoms with Crippen LogP contribution in [-0.4, -0.2) is 57.3 Å². The summed E-state index contributed by atoms with van der Waals surface area (Å²) < 4.78 is 20.8. The number of carboxylic acid groups (broad SMARTS) is 1. The van der Waals surface area contributed by atoms with Gasteiger partial charge in [-0.2, -0.15) is 0 Å². The molecule has 0 aliphatic heterocycles. The maximum Gasteiger partial charge on any atom is 0.329 e. The van der Waals surface area contributed by atoms with Gasteiger partial charge >= 0.3 is 5.97 Å². The summed E-state index contributed by atoms with van der Waals surface area (Å²) in [5.74, 6) is -0.158. The van der Waals surface area contributed by atoms with E-state index < -0.39 is 5.97 Å². The monoisotopic (exact) mass is 284 g/mol. The SMILES string of the molecule is O=C(O)COCCOCCOCCOc1ccccc1. The molecule has 0 aliphatic rings. The molecular weight excluding hydrogens is 264 g/mol. The Morgan fingerprint density at radius 1 is 0.850 bits per heavy atom. The Morgan fingerprint density at radius 3 is 2.00 bits per heavy atom. The summed E-state index contributed by atoms with van der Waals surface area (Å²) in [6, 6.07) is 9.54. The third kappa shape index (κ3) is 9.32. The Hall–Kier alpha value is -1.63. The van der Waals surface area contributed by atoms with Crippen LogP contribution in [0.25, 0.3) is 0 Å². The second-order valence-electron chi connectivity index (χ2n) is 3.83. The number of benzene rings is 1. The summed E-state index contributed by atoms with van der Waals surface area (Å²) >= 11 is 0. The normalized spacial score (nSPS) is 10.4. The van der Waals surface area contributed by atoms with Gasteiger partial charge in [0.25, 0.3) is 0 Å². The minimum atomic E-state index is -0.980. The van der Waals surface area contributed by atoms with Crippen LogP contribution in [0.1, 0.15) is 0 Å². The van der Waals surface area contributed by atoms with Crippen LogP contribution >= 0.6 is 0 Å². The van der Waals surface area contributed by atoms with Gasteiger partial charge in [0.2, 0.25) is 0 Å². The van der Waals surface area contributed by atoms with E-state index in [-0.39, 0.29) is 13.2 Å². The van der Waals surface area contributed by atoms with Crippen molar-refractivity contribution in [2.45, 2.75) is 0 Å². The Labute approximate surface area is 118 Å². The van der Waals surface area contributed by atoms with Gasteiger partial charge in [-0.1, -0.05) is 18.2 Å². The molecule has 0 aromatic heterocycles. The molecule has 1 aromatic rings. The van der Waals surface area contributed by atoms with Crippen molar-refractivity contribution in [3.05, 3.63) is 30.3 Å². The highest BCUT2D eigenvalue weighted by atomic mass is 16.6. The molecule has 1 rings (SSSR count). The van der Waals surface area contributed by atoms with Gasteiger partial charge in [-0.15, -0.1) is 0 Å². The number of carboxylic acids is 1. The Balaban J connectivity index is 1.80. The van der Waals surface area contributed by atoms with E-state index in [1.165, 1.54) is 0 Å². The van der Waals surface area contributed by atoms with Crippen molar-refractivity contribution in [3.63, 3.8) is 0 Å². The van der Waals surface area contributed by atoms with E-state index in [1.54, 1.807) is 0 Å². The van der Waals surface area contributed by atoms with Crippen LogP contribution in [0.5, 0.6) is 5.75 Å². The molecular formula is C14H20O6. The first kappa shape index (κ1) is 16.4. The quantitative estimate of drug-likeness (QED) is 0.581. The van der Waals surface area contributed by atoms with Crippen LogP contribution in [-0.2, 0) is 19.0 Å². The molecule has 112 valence electrons. The van der Waals surface area contributed by atoms with Gasteiger partial charge in [-0.05, 0) is 12.1 Å². The Morgan fingerprint density at radius 2 is 1.40 bits per heavy atom. The number of aliphatic carboxylic acids is 1. The molecule has 0 saturated carbocycles. The lowest BCUT2D eigenvalue weighted by atomic mass is 10.3. The molecule has 0 unspecified atom stereocenters. The van der Waals surface area contributed by atoms with Gasteiger partial charge in [0.05, 0.1) is 33.0 Å². The zero-order valence-electron chi connectivity index (χ0n) is 11.3. The molecule has 0 atom stereocenters. The third-order valence-corrected chi connectivity index (χ3v) is 2.21. The van der Waals surface area contributed by atoms with E-state index in [4.69, 9.17) is 24.1 Å². The van der Waals surface area contributed by atoms with Crippen molar-refractivity contribution < 1.29 is 28.8 Å². The third-order valence-electron chi connectivity index (χ3n) is 2.21. The molecule has 20 heavy (non-hydrogen) atoms. The lowest BCUT2D eigenvalue weighted by molar-refractivity contribution is -0.142. The molecule has 6 heteroatoms. The highest BCUT2D eigenvalue weighted by Gasteiger charge is 1.96. The molecule has 6 nitrogen and oxygen atoms in total. The minimum absolute atomic E-state index is 0.267. The van der Waals surface area contributed by atoms with Crippen LogP contribution in [0.15, 0.2) is 30.3 Å². The smallest absolute Gasteiger partial charge is 0.329 e. The summed E-state index contributed by atoms with van der Waals surface area (Å²) in [6.07, 6.45) is 0. The molecule has 0 heterocycles. The number of para-hydroxylation sites is 1. The Bertz CT molecular complexity index is 354. The second-order valence-corrected chi connectivity index (χ2v) is 3.83. The largest absolute Gasteiger partial charge is 0.491 e. The lowest BCUT2D eigenvalue weighted by Gasteiger charge is -2.07. The zero-order chi connectivity index (χ0) is 14.5. The van der Waals surface area contributed by atoms with Crippen molar-refractivity contribution in [1.29, 1.82) is 0 Å². The van der Waals surface area contributed by atoms with E-state index in [0.717, 1.165) is 5.75 Å². The summed E-state index contributed by atoms with van der Waals surface area (Å²) in [5, 5.41) is 8.32. The first-order valence-electron chi connectivity index (χ1n) is 6.42. The fourth-order valence-electron chi connectivity index (χ4n) is 1.33. The maximum absolute atomic E-state index is 10.1. The molecule has 1 aromatic carbocycles. The number of hydrogen-bond donors (Lipinski definition) is 1. The fraction of sp³-hybridized carbons (Fsp3) is 0.500. The van der Waals surface area contributed by atoms with Crippen LogP contribution in [0, 0.1) is 0 Å². The lowest BCUT2D eigenvalue weighted by Crippen LogP contribution is -2.14. The van der Waals surface area contributed by atoms with Crippen LogP contribution in [0.3, 0.4) is 0 Å². The van der Waals surface area contributed by atoms with Gasteiger partial charge in [-0.25, -0.2) is 4.79 Å². The molecule has 0 saturated heterocycles. The van der Waals surface area contributed by atoms with E-state index in [9.17, 15) is 4.79 Å². The topological polar surface area (TPSA) is 74.2 Å². The molecule has 0 bridgehead atoms. The number of ether oxygens (including phenoxy) is 4. The van der Waals surface area contributed by atoms with Crippen molar-refractivity contribution in [1.82, 2.24) is 0 Å². The summed E-state index contributed by atoms with van der Waals surface area (Å²) in [4.78, 5) is 10.1. The Kier molecular flexibility index (Phi) is 9.21. The number of carbonyl (C=O) groups is 1. The number of hydrogen-bond acceptors (Lipinski definition) is 5. The van der Waals surface area contributed by atoms with Crippen molar-refractivity contribution >= 4 is 5.97 Å². The van der Waals surface area contributed by atoms with Crippen molar-refractivity contribution in [2.24, 2.45) is 0 Å². The molecule has 0 fully saturated rings. The van der Waals surface area contributed by atoms with Crippen LogP contribution in [0.2, 0.25) is 0 Å². The summed E-state index contributed by atoms with van der Waals surface area (Å²) in [7, 11) is 0. The van der Waals surface area contributed by atoms with E-state index in [2.05, 4.69) is 0 Å². The molecule has 0 radical (unpaired) electrons. The molecule has 0 amide bonds. The summed E-state index contributed by atoms with van der Waals surface area (Å²) in [5.41, 5.74) is 0. The van der Waals surface area contributed by atoms with E-state index >= 15 is 0 Å². The van der Waals surface area contributed by atoms with Crippen molar-refractivity contribution in [2.75, 3.05) is 46.2 Å². The van der Waals surface area contributed by atoms with Crippen molar-refractivity contribution in [3.8, 4) is 5.75 Å². The first-order valence-corrected chi connectivity index (χ1v) is 6.42. The molecule has 1 N–H and O–H groups in total. The second kappa shape index (κ2) is 11.2. The van der Waals surface area contributed by atoms with Gasteiger partial charge in [0.1, 0.15) is 19.0 Å². The van der Waals surface area contributed by atoms with Crippen LogP contribution in [0.4, 0.5) is 0 Å². The predicted octanol–water partition coefficient (Wildman–Crippen LogP) is 1.20. The van der Waals surface area contributed by atoms with E-state index in [0.29, 0.717) is 33.0 Å². The number of rotatable bonds is 12. The standard InChI is InChI=1S/C14H20O6/c15-14(16)12-19-9-8-17-6-7-18-10-11-20-13-4-2-1-3-5-13/h1-5H,6-12H2,(H,15,16). The highest BCUT2D eigenvalue weighted by molar-refractivity contribution is 5.67. The van der Waals surface area contributed by atoms with Gasteiger partial charge in [0.15, 0.2) is 0 Å². The fourth-order valence-corrected chi connectivity index (χ4v) is 1.33. The zero-order valence-corrected chi connectivity index (χ0v) is 11.3. The van der Waals surface area contributed by atoms with Crippen LogP contribution < -0.4 is 4.74 Å². The molecule has 0 aliphatic carbocycles. The van der Waals surface area contributed by atoms with Gasteiger partial charge < -0.3 is 24.1 Å². The maximum atomic E-state index is 10.1. The summed E-state index contributed by atoms with van der Waals surface area (Å²) in [6.45, 7) is 2.23. The highest BCUT2D eigenvalue weighted by Crippen LogP contribution is 2.07. The van der Waals surface area contributed by atoms with Gasteiger partial charge in [0, 0.05) is 0 Å².